The van der Waals surface area contributed by atoms with Crippen LogP contribution >= 0.6 is 0 Å². The molecule has 31 heavy (non-hydrogen) atoms. The van der Waals surface area contributed by atoms with Crippen molar-refractivity contribution in [2.45, 2.75) is 38.4 Å². The highest BCUT2D eigenvalue weighted by Gasteiger charge is 2.19. The Kier molecular flexibility index (Phi) is 8.08. The number of benzene rings is 2. The van der Waals surface area contributed by atoms with E-state index >= 15 is 0 Å². The van der Waals surface area contributed by atoms with Gasteiger partial charge in [-0.25, -0.2) is 0 Å². The van der Waals surface area contributed by atoms with Crippen LogP contribution in [-0.2, 0) is 11.3 Å². The Labute approximate surface area is 184 Å². The summed E-state index contributed by atoms with van der Waals surface area (Å²) in [6.07, 6.45) is 3.52. The maximum absolute atomic E-state index is 12.5. The van der Waals surface area contributed by atoms with E-state index in [1.165, 1.54) is 5.56 Å². The van der Waals surface area contributed by atoms with E-state index in [0.717, 1.165) is 43.8 Å². The number of rotatable bonds is 8. The molecule has 0 radical (unpaired) electrons. The molecule has 1 atom stereocenters. The van der Waals surface area contributed by atoms with Gasteiger partial charge in [0.25, 0.3) is 5.91 Å². The van der Waals surface area contributed by atoms with Crippen LogP contribution in [0.5, 0.6) is 5.75 Å². The van der Waals surface area contributed by atoms with E-state index in [0.29, 0.717) is 0 Å². The molecule has 0 aliphatic carbocycles. The molecule has 1 saturated heterocycles. The Morgan fingerprint density at radius 2 is 1.87 bits per heavy atom. The van der Waals surface area contributed by atoms with Gasteiger partial charge in [-0.05, 0) is 43.0 Å². The van der Waals surface area contributed by atoms with E-state index < -0.39 is 0 Å². The molecule has 1 fully saturated rings. The number of hydrogen-bond acceptors (Lipinski definition) is 5. The quantitative estimate of drug-likeness (QED) is 0.507. The molecule has 3 rings (SSSR count). The molecule has 162 valence electrons. The van der Waals surface area contributed by atoms with Crippen molar-refractivity contribution in [3.05, 3.63) is 77.5 Å². The molecular formula is C25H30N4O2. The SMILES string of the molecule is COc1ccc(C(C)NC(=O)/C(C#N)=C\NC2CCN(Cc3ccccc3)CC2)cc1. The molecular weight excluding hydrogens is 388 g/mol. The summed E-state index contributed by atoms with van der Waals surface area (Å²) in [4.78, 5) is 15.0. The molecule has 2 aromatic carbocycles. The third-order valence-electron chi connectivity index (χ3n) is 5.63. The minimum absolute atomic E-state index is 0.0899. The van der Waals surface area contributed by atoms with Gasteiger partial charge in [0.2, 0.25) is 0 Å². The third kappa shape index (κ3) is 6.59. The van der Waals surface area contributed by atoms with Crippen molar-refractivity contribution in [1.29, 1.82) is 5.26 Å². The highest BCUT2D eigenvalue weighted by atomic mass is 16.5. The molecule has 1 amide bonds. The van der Waals surface area contributed by atoms with Crippen LogP contribution in [0.1, 0.15) is 36.9 Å². The fourth-order valence-corrected chi connectivity index (χ4v) is 3.70. The van der Waals surface area contributed by atoms with E-state index in [4.69, 9.17) is 4.74 Å². The van der Waals surface area contributed by atoms with Crippen LogP contribution in [0.3, 0.4) is 0 Å². The normalized spacial score (nSPS) is 16.2. The summed E-state index contributed by atoms with van der Waals surface area (Å²) < 4.78 is 5.16. The Morgan fingerprint density at radius 1 is 1.19 bits per heavy atom. The molecule has 6 nitrogen and oxygen atoms in total. The Bertz CT molecular complexity index is 911. The van der Waals surface area contributed by atoms with Crippen LogP contribution in [0, 0.1) is 11.3 Å². The van der Waals surface area contributed by atoms with Crippen LogP contribution in [0.25, 0.3) is 0 Å². The molecule has 0 saturated carbocycles. The Morgan fingerprint density at radius 3 is 2.48 bits per heavy atom. The number of piperidine rings is 1. The van der Waals surface area contributed by atoms with Crippen molar-refractivity contribution >= 4 is 5.91 Å². The maximum Gasteiger partial charge on any atom is 0.263 e. The van der Waals surface area contributed by atoms with Crippen molar-refractivity contribution in [2.24, 2.45) is 0 Å². The van der Waals surface area contributed by atoms with Crippen LogP contribution in [0.4, 0.5) is 0 Å². The summed E-state index contributed by atoms with van der Waals surface area (Å²) >= 11 is 0. The zero-order valence-electron chi connectivity index (χ0n) is 18.2. The smallest absolute Gasteiger partial charge is 0.263 e. The molecule has 1 aliphatic rings. The molecule has 0 aromatic heterocycles. The van der Waals surface area contributed by atoms with Gasteiger partial charge in [-0.15, -0.1) is 0 Å². The Balaban J connectivity index is 1.47. The molecule has 2 aromatic rings. The molecule has 1 aliphatic heterocycles. The second kappa shape index (κ2) is 11.2. The van der Waals surface area contributed by atoms with Gasteiger partial charge in [0.05, 0.1) is 13.2 Å². The van der Waals surface area contributed by atoms with E-state index in [9.17, 15) is 10.1 Å². The average Bonchev–Trinajstić information content (AvgIpc) is 2.81. The molecule has 6 heteroatoms. The lowest BCUT2D eigenvalue weighted by molar-refractivity contribution is -0.117. The lowest BCUT2D eigenvalue weighted by atomic mass is 10.0. The fraction of sp³-hybridized carbons (Fsp3) is 0.360. The highest BCUT2D eigenvalue weighted by Crippen LogP contribution is 2.18. The van der Waals surface area contributed by atoms with E-state index in [2.05, 4.69) is 39.8 Å². The number of ether oxygens (including phenoxy) is 1. The summed E-state index contributed by atoms with van der Waals surface area (Å²) in [5.41, 5.74) is 2.36. The average molecular weight is 419 g/mol. The predicted octanol–water partition coefficient (Wildman–Crippen LogP) is 3.53. The first-order chi connectivity index (χ1) is 15.1. The van der Waals surface area contributed by atoms with E-state index in [1.54, 1.807) is 13.3 Å². The molecule has 1 unspecified atom stereocenters. The summed E-state index contributed by atoms with van der Waals surface area (Å²) in [6.45, 7) is 4.83. The standard InChI is InChI=1S/C25H30N4O2/c1-19(21-8-10-24(31-2)11-9-21)28-25(30)22(16-26)17-27-23-12-14-29(15-13-23)18-20-6-4-3-5-7-20/h3-11,17,19,23,27H,12-15,18H2,1-2H3,(H,28,30)/b22-17-. The van der Waals surface area contributed by atoms with Crippen molar-refractivity contribution in [3.8, 4) is 11.8 Å². The van der Waals surface area contributed by atoms with Crippen molar-refractivity contribution in [2.75, 3.05) is 20.2 Å². The van der Waals surface area contributed by atoms with Gasteiger partial charge >= 0.3 is 0 Å². The lowest BCUT2D eigenvalue weighted by Crippen LogP contribution is -2.40. The molecule has 2 N–H and O–H groups in total. The van der Waals surface area contributed by atoms with Gasteiger partial charge in [0, 0.05) is 31.9 Å². The minimum Gasteiger partial charge on any atom is -0.497 e. The number of nitrogens with zero attached hydrogens (tertiary/aromatic N) is 2. The number of carbonyl (C=O) groups excluding carboxylic acids is 1. The number of likely N-dealkylation sites (tertiary alicyclic amines) is 1. The maximum atomic E-state index is 12.5. The summed E-state index contributed by atoms with van der Waals surface area (Å²) in [7, 11) is 1.62. The van der Waals surface area contributed by atoms with Gasteiger partial charge < -0.3 is 15.4 Å². The highest BCUT2D eigenvalue weighted by molar-refractivity contribution is 5.97. The zero-order chi connectivity index (χ0) is 22.1. The summed E-state index contributed by atoms with van der Waals surface area (Å²) in [5, 5.41) is 15.6. The molecule has 1 heterocycles. The van der Waals surface area contributed by atoms with Gasteiger partial charge in [0.15, 0.2) is 0 Å². The van der Waals surface area contributed by atoms with Crippen LogP contribution < -0.4 is 15.4 Å². The van der Waals surface area contributed by atoms with E-state index in [1.807, 2.05) is 43.3 Å². The second-order valence-electron chi connectivity index (χ2n) is 7.84. The number of nitriles is 1. The zero-order valence-corrected chi connectivity index (χ0v) is 18.2. The number of hydrogen-bond donors (Lipinski definition) is 2. The second-order valence-corrected chi connectivity index (χ2v) is 7.84. The summed E-state index contributed by atoms with van der Waals surface area (Å²) in [6, 6.07) is 20.1. The van der Waals surface area contributed by atoms with Gasteiger partial charge in [0.1, 0.15) is 17.4 Å². The first-order valence-electron chi connectivity index (χ1n) is 10.7. The largest absolute Gasteiger partial charge is 0.497 e. The Hall–Kier alpha value is -3.30. The van der Waals surface area contributed by atoms with Gasteiger partial charge in [-0.1, -0.05) is 42.5 Å². The van der Waals surface area contributed by atoms with Crippen molar-refractivity contribution in [1.82, 2.24) is 15.5 Å². The predicted molar refractivity (Wildman–Crippen MR) is 121 cm³/mol. The first-order valence-corrected chi connectivity index (χ1v) is 10.7. The molecule has 0 spiro atoms. The van der Waals surface area contributed by atoms with Gasteiger partial charge in [-0.3, -0.25) is 9.69 Å². The monoisotopic (exact) mass is 418 g/mol. The number of methoxy groups -OCH3 is 1. The van der Waals surface area contributed by atoms with Gasteiger partial charge in [-0.2, -0.15) is 5.26 Å². The third-order valence-corrected chi connectivity index (χ3v) is 5.63. The van der Waals surface area contributed by atoms with E-state index in [-0.39, 0.29) is 23.6 Å². The number of amides is 1. The van der Waals surface area contributed by atoms with Crippen molar-refractivity contribution < 1.29 is 9.53 Å². The van der Waals surface area contributed by atoms with Crippen molar-refractivity contribution in [3.63, 3.8) is 0 Å². The fourth-order valence-electron chi connectivity index (χ4n) is 3.70. The summed E-state index contributed by atoms with van der Waals surface area (Å²) in [5.74, 6) is 0.388. The topological polar surface area (TPSA) is 77.4 Å². The van der Waals surface area contributed by atoms with Crippen LogP contribution in [0.15, 0.2) is 66.4 Å². The minimum atomic E-state index is -0.375. The lowest BCUT2D eigenvalue weighted by Gasteiger charge is -2.32. The molecule has 0 bridgehead atoms. The number of nitrogens with one attached hydrogen (secondary N) is 2. The van der Waals surface area contributed by atoms with Crippen LogP contribution in [0.2, 0.25) is 0 Å². The van der Waals surface area contributed by atoms with Crippen LogP contribution in [-0.4, -0.2) is 37.0 Å². The first kappa shape index (κ1) is 22.4. The number of carbonyl (C=O) groups is 1.